The Kier molecular flexibility index (Phi) is 4.47. The maximum Gasteiger partial charge on any atom is 0.235 e. The van der Waals surface area contributed by atoms with Gasteiger partial charge in [-0.15, -0.1) is 10.2 Å². The summed E-state index contributed by atoms with van der Waals surface area (Å²) >= 11 is 0. The van der Waals surface area contributed by atoms with Crippen LogP contribution in [0.4, 0.5) is 5.69 Å². The Labute approximate surface area is 134 Å². The summed E-state index contributed by atoms with van der Waals surface area (Å²) in [4.78, 5) is 11.4. The molecule has 0 aliphatic rings. The van der Waals surface area contributed by atoms with Crippen LogP contribution in [-0.4, -0.2) is 16.0 Å². The number of hydrogen-bond donors (Lipinski definition) is 1. The van der Waals surface area contributed by atoms with E-state index in [1.807, 2.05) is 48.5 Å². The summed E-state index contributed by atoms with van der Waals surface area (Å²) < 4.78 is 5.64. The van der Waals surface area contributed by atoms with Gasteiger partial charge in [0.15, 0.2) is 5.78 Å². The summed E-state index contributed by atoms with van der Waals surface area (Å²) in [6, 6.07) is 17.3. The average molecular weight is 307 g/mol. The summed E-state index contributed by atoms with van der Waals surface area (Å²) in [6.45, 7) is 1.97. The number of nitrogens with zero attached hydrogens (tertiary/aromatic N) is 2. The lowest BCUT2D eigenvalue weighted by molar-refractivity contribution is 0.101. The first kappa shape index (κ1) is 15.0. The van der Waals surface area contributed by atoms with Crippen LogP contribution in [0.15, 0.2) is 59.0 Å². The number of nitrogens with one attached hydrogen (secondary N) is 1. The van der Waals surface area contributed by atoms with E-state index >= 15 is 0 Å². The SMILES string of the molecule is CC(=O)c1cccc(NCc2nnc(Cc3ccccc3)o2)c1. The molecule has 1 aromatic heterocycles. The zero-order valence-electron chi connectivity index (χ0n) is 12.8. The summed E-state index contributed by atoms with van der Waals surface area (Å²) in [5.74, 6) is 1.14. The Balaban J connectivity index is 1.61. The third-order valence-electron chi connectivity index (χ3n) is 3.42. The zero-order valence-corrected chi connectivity index (χ0v) is 12.8. The van der Waals surface area contributed by atoms with Gasteiger partial charge in [0, 0.05) is 11.3 Å². The zero-order chi connectivity index (χ0) is 16.1. The van der Waals surface area contributed by atoms with Crippen molar-refractivity contribution >= 4 is 11.5 Å². The number of rotatable bonds is 6. The molecule has 0 aliphatic heterocycles. The van der Waals surface area contributed by atoms with E-state index in [9.17, 15) is 4.79 Å². The lowest BCUT2D eigenvalue weighted by atomic mass is 10.1. The van der Waals surface area contributed by atoms with E-state index in [2.05, 4.69) is 15.5 Å². The molecule has 5 heteroatoms. The molecule has 1 N–H and O–H groups in total. The number of benzene rings is 2. The Morgan fingerprint density at radius 3 is 2.61 bits per heavy atom. The van der Waals surface area contributed by atoms with Gasteiger partial charge in [-0.05, 0) is 24.6 Å². The number of Topliss-reactive ketones (excluding diaryl/α,β-unsaturated/α-hetero) is 1. The highest BCUT2D eigenvalue weighted by molar-refractivity contribution is 5.94. The van der Waals surface area contributed by atoms with Crippen LogP contribution >= 0.6 is 0 Å². The standard InChI is InChI=1S/C18H17N3O2/c1-13(22)15-8-5-9-16(11-15)19-12-18-21-20-17(23-18)10-14-6-3-2-4-7-14/h2-9,11,19H,10,12H2,1H3. The first-order valence-electron chi connectivity index (χ1n) is 7.41. The van der Waals surface area contributed by atoms with Gasteiger partial charge in [-0.25, -0.2) is 0 Å². The minimum atomic E-state index is 0.0385. The molecule has 0 fully saturated rings. The molecule has 23 heavy (non-hydrogen) atoms. The van der Waals surface area contributed by atoms with Gasteiger partial charge < -0.3 is 9.73 Å². The molecule has 0 aliphatic carbocycles. The van der Waals surface area contributed by atoms with Crippen LogP contribution in [0.2, 0.25) is 0 Å². The molecule has 5 nitrogen and oxygen atoms in total. The average Bonchev–Trinajstić information content (AvgIpc) is 3.01. The van der Waals surface area contributed by atoms with E-state index in [1.54, 1.807) is 13.0 Å². The predicted molar refractivity (Wildman–Crippen MR) is 87.3 cm³/mol. The fourth-order valence-corrected chi connectivity index (χ4v) is 2.23. The molecule has 0 saturated heterocycles. The van der Waals surface area contributed by atoms with Crippen LogP contribution in [0.5, 0.6) is 0 Å². The summed E-state index contributed by atoms with van der Waals surface area (Å²) in [5, 5.41) is 11.3. The molecule has 0 saturated carbocycles. The van der Waals surface area contributed by atoms with Gasteiger partial charge >= 0.3 is 0 Å². The summed E-state index contributed by atoms with van der Waals surface area (Å²) in [7, 11) is 0. The van der Waals surface area contributed by atoms with Crippen LogP contribution in [0.3, 0.4) is 0 Å². The third-order valence-corrected chi connectivity index (χ3v) is 3.42. The maximum atomic E-state index is 11.4. The first-order chi connectivity index (χ1) is 11.2. The topological polar surface area (TPSA) is 68.0 Å². The molecule has 2 aromatic carbocycles. The molecule has 0 amide bonds. The third kappa shape index (κ3) is 4.03. The molecule has 0 spiro atoms. The second-order valence-electron chi connectivity index (χ2n) is 5.24. The Bertz CT molecular complexity index is 797. The van der Waals surface area contributed by atoms with Crippen LogP contribution < -0.4 is 5.32 Å². The Morgan fingerprint density at radius 1 is 1.04 bits per heavy atom. The van der Waals surface area contributed by atoms with Crippen molar-refractivity contribution in [2.45, 2.75) is 19.9 Å². The minimum Gasteiger partial charge on any atom is -0.423 e. The molecular formula is C18H17N3O2. The quantitative estimate of drug-likeness (QED) is 0.706. The molecule has 0 radical (unpaired) electrons. The lowest BCUT2D eigenvalue weighted by Crippen LogP contribution is -2.01. The molecule has 116 valence electrons. The van der Waals surface area contributed by atoms with Gasteiger partial charge in [-0.2, -0.15) is 0 Å². The van der Waals surface area contributed by atoms with Crippen molar-refractivity contribution in [2.24, 2.45) is 0 Å². The maximum absolute atomic E-state index is 11.4. The van der Waals surface area contributed by atoms with Gasteiger partial charge in [0.05, 0.1) is 13.0 Å². The second kappa shape index (κ2) is 6.87. The van der Waals surface area contributed by atoms with Crippen molar-refractivity contribution in [2.75, 3.05) is 5.32 Å². The highest BCUT2D eigenvalue weighted by Crippen LogP contribution is 2.13. The number of aromatic nitrogens is 2. The smallest absolute Gasteiger partial charge is 0.235 e. The predicted octanol–water partition coefficient (Wildman–Crippen LogP) is 3.48. The normalized spacial score (nSPS) is 10.5. The Hall–Kier alpha value is -2.95. The van der Waals surface area contributed by atoms with E-state index < -0.39 is 0 Å². The van der Waals surface area contributed by atoms with Crippen LogP contribution in [0.1, 0.15) is 34.6 Å². The van der Waals surface area contributed by atoms with E-state index in [0.29, 0.717) is 30.3 Å². The van der Waals surface area contributed by atoms with Crippen molar-refractivity contribution in [1.29, 1.82) is 0 Å². The second-order valence-corrected chi connectivity index (χ2v) is 5.24. The van der Waals surface area contributed by atoms with Gasteiger partial charge in [-0.3, -0.25) is 4.79 Å². The molecule has 1 heterocycles. The highest BCUT2D eigenvalue weighted by Gasteiger charge is 2.07. The van der Waals surface area contributed by atoms with Gasteiger partial charge in [0.25, 0.3) is 0 Å². The fraction of sp³-hybridized carbons (Fsp3) is 0.167. The van der Waals surface area contributed by atoms with Crippen LogP contribution in [0, 0.1) is 0 Å². The molecule has 0 bridgehead atoms. The number of carbonyl (C=O) groups is 1. The molecular weight excluding hydrogens is 290 g/mol. The monoisotopic (exact) mass is 307 g/mol. The Morgan fingerprint density at radius 2 is 1.83 bits per heavy atom. The number of ketones is 1. The van der Waals surface area contributed by atoms with Crippen LogP contribution in [0.25, 0.3) is 0 Å². The van der Waals surface area contributed by atoms with Crippen molar-refractivity contribution in [3.05, 3.63) is 77.5 Å². The van der Waals surface area contributed by atoms with E-state index in [0.717, 1.165) is 11.3 Å². The molecule has 0 unspecified atom stereocenters. The van der Waals surface area contributed by atoms with Crippen molar-refractivity contribution in [3.8, 4) is 0 Å². The van der Waals surface area contributed by atoms with Crippen LogP contribution in [-0.2, 0) is 13.0 Å². The largest absolute Gasteiger partial charge is 0.423 e. The summed E-state index contributed by atoms with van der Waals surface area (Å²) in [5.41, 5.74) is 2.65. The number of hydrogen-bond acceptors (Lipinski definition) is 5. The molecule has 3 aromatic rings. The van der Waals surface area contributed by atoms with E-state index in [-0.39, 0.29) is 5.78 Å². The van der Waals surface area contributed by atoms with Crippen molar-refractivity contribution in [1.82, 2.24) is 10.2 Å². The van der Waals surface area contributed by atoms with E-state index in [4.69, 9.17) is 4.42 Å². The molecule has 3 rings (SSSR count). The first-order valence-corrected chi connectivity index (χ1v) is 7.41. The van der Waals surface area contributed by atoms with Gasteiger partial charge in [0.1, 0.15) is 0 Å². The van der Waals surface area contributed by atoms with Crippen molar-refractivity contribution in [3.63, 3.8) is 0 Å². The lowest BCUT2D eigenvalue weighted by Gasteiger charge is -2.04. The van der Waals surface area contributed by atoms with E-state index in [1.165, 1.54) is 0 Å². The number of anilines is 1. The minimum absolute atomic E-state index is 0.0385. The van der Waals surface area contributed by atoms with Gasteiger partial charge in [-0.1, -0.05) is 42.5 Å². The van der Waals surface area contributed by atoms with Crippen molar-refractivity contribution < 1.29 is 9.21 Å². The fourth-order valence-electron chi connectivity index (χ4n) is 2.23. The highest BCUT2D eigenvalue weighted by atomic mass is 16.4. The number of carbonyl (C=O) groups excluding carboxylic acids is 1. The molecule has 0 atom stereocenters. The van der Waals surface area contributed by atoms with Gasteiger partial charge in [0.2, 0.25) is 11.8 Å². The summed E-state index contributed by atoms with van der Waals surface area (Å²) in [6.07, 6.45) is 0.619.